The summed E-state index contributed by atoms with van der Waals surface area (Å²) in [4.78, 5) is 4.59. The van der Waals surface area contributed by atoms with Crippen LogP contribution in [0.3, 0.4) is 0 Å². The molecule has 0 aliphatic carbocycles. The van der Waals surface area contributed by atoms with Gasteiger partial charge >= 0.3 is 28.3 Å². The van der Waals surface area contributed by atoms with Gasteiger partial charge in [0, 0.05) is 43.1 Å². The zero-order valence-electron chi connectivity index (χ0n) is 56.2. The van der Waals surface area contributed by atoms with Crippen molar-refractivity contribution in [1.82, 2.24) is 0 Å². The molecule has 88 heavy (non-hydrogen) atoms. The molecule has 0 atom stereocenters. The Labute approximate surface area is 548 Å². The van der Waals surface area contributed by atoms with Gasteiger partial charge in [0.1, 0.15) is 0 Å². The van der Waals surface area contributed by atoms with Crippen LogP contribution in [-0.2, 0) is 50.1 Å². The number of halogens is 2. The van der Waals surface area contributed by atoms with Gasteiger partial charge in [-0.3, -0.25) is 0 Å². The third kappa shape index (κ3) is 16.5. The van der Waals surface area contributed by atoms with E-state index in [1.807, 2.05) is 55.4 Å². The average Bonchev–Trinajstić information content (AvgIpc) is 1.64. The molecule has 0 N–H and O–H groups in total. The molecule has 6 aromatic carbocycles. The first-order valence-electron chi connectivity index (χ1n) is 32.2. The van der Waals surface area contributed by atoms with Crippen LogP contribution in [0.1, 0.15) is 187 Å². The van der Waals surface area contributed by atoms with Crippen molar-refractivity contribution < 1.29 is 37.2 Å². The van der Waals surface area contributed by atoms with Crippen LogP contribution < -0.4 is 20.7 Å². The predicted molar refractivity (Wildman–Crippen MR) is 377 cm³/mol. The predicted octanol–water partition coefficient (Wildman–Crippen LogP) is 18.9. The Balaban J connectivity index is 0.000000189. The Morgan fingerprint density at radius 3 is 0.739 bits per heavy atom. The number of unbranched alkanes of at least 4 members (excludes halogenated alkanes) is 6. The van der Waals surface area contributed by atoms with Crippen LogP contribution in [0.15, 0.2) is 155 Å². The standard InChI is InChI=1S/C36H49B2NO4.C24H25Br2N.C12H24B2O4/c1-10-11-12-13-14-27-15-21-30(22-16-27)39(31-23-17-28(18-24-31)37-40-33(2,3)34(4,5)41-37)32-25-19-29(20-26-32)38-42-35(6,7)36(8,9)43-38;1-2-3-4-5-6-19-7-13-22(14-8-19)27(23-15-9-20(25)10-16-23)24-17-11-21(26)12-18-24;1-9(2)10(3,4)16-13(15-9)14-17-11(5,6)12(7,8)18-14/h15-26H,10-14H2,1-9H3;7-18H,2-6H2,1H3;1-8H3. The Bertz CT molecular complexity index is 2960. The Morgan fingerprint density at radius 2 is 0.500 bits per heavy atom. The summed E-state index contributed by atoms with van der Waals surface area (Å²) in [6.45, 7) is 37.4. The summed E-state index contributed by atoms with van der Waals surface area (Å²) < 4.78 is 51.3. The summed E-state index contributed by atoms with van der Waals surface area (Å²) >= 11 is 7.07. The SMILES string of the molecule is CC1(C)OB(B2OC(C)(C)C(C)(C)O2)OC1(C)C.CCCCCCc1ccc(N(c2ccc(B3OC(C)(C)C(C)(C)O3)cc2)c2ccc(B3OC(C)(C)C(C)(C)O3)cc2)cc1.CCCCCCc1ccc(N(c2ccc(Br)cc2)c2ccc(Br)cc2)cc1. The zero-order valence-corrected chi connectivity index (χ0v) is 59.3. The minimum absolute atomic E-state index is 0.360. The van der Waals surface area contributed by atoms with Crippen LogP contribution in [0.25, 0.3) is 0 Å². The molecular formula is C72H98B4Br2N2O8. The number of hydrogen-bond acceptors (Lipinski definition) is 10. The molecule has 0 aromatic heterocycles. The number of nitrogens with zero attached hydrogens (tertiary/aromatic N) is 2. The van der Waals surface area contributed by atoms with Crippen molar-refractivity contribution in [2.24, 2.45) is 0 Å². The molecule has 0 unspecified atom stereocenters. The normalized spacial score (nSPS) is 19.6. The van der Waals surface area contributed by atoms with E-state index in [2.05, 4.69) is 256 Å². The second kappa shape index (κ2) is 28.4. The van der Waals surface area contributed by atoms with E-state index in [1.165, 1.54) is 68.2 Å². The van der Waals surface area contributed by atoms with Gasteiger partial charge in [-0.05, 0) is 256 Å². The van der Waals surface area contributed by atoms with Gasteiger partial charge in [-0.2, -0.15) is 0 Å². The molecule has 470 valence electrons. The van der Waals surface area contributed by atoms with E-state index >= 15 is 0 Å². The van der Waals surface area contributed by atoms with E-state index in [4.69, 9.17) is 37.2 Å². The van der Waals surface area contributed by atoms with Crippen molar-refractivity contribution in [3.8, 4) is 0 Å². The minimum Gasteiger partial charge on any atom is -0.405 e. The third-order valence-electron chi connectivity index (χ3n) is 19.3. The smallest absolute Gasteiger partial charge is 0.405 e. The van der Waals surface area contributed by atoms with E-state index < -0.39 is 28.3 Å². The number of hydrogen-bond donors (Lipinski definition) is 0. The summed E-state index contributed by atoms with van der Waals surface area (Å²) in [5.74, 6) is 0. The molecule has 4 fully saturated rings. The highest BCUT2D eigenvalue weighted by Gasteiger charge is 2.64. The van der Waals surface area contributed by atoms with Gasteiger partial charge in [-0.15, -0.1) is 0 Å². The summed E-state index contributed by atoms with van der Waals surface area (Å²) in [5.41, 5.74) is 8.62. The van der Waals surface area contributed by atoms with Crippen molar-refractivity contribution in [1.29, 1.82) is 0 Å². The first-order valence-corrected chi connectivity index (χ1v) is 33.8. The molecule has 10 nitrogen and oxygen atoms in total. The van der Waals surface area contributed by atoms with Crippen LogP contribution in [-0.4, -0.2) is 73.1 Å². The number of aryl methyl sites for hydroxylation is 2. The van der Waals surface area contributed by atoms with Crippen molar-refractivity contribution in [2.45, 2.75) is 234 Å². The highest BCUT2D eigenvalue weighted by molar-refractivity contribution is 9.10. The maximum absolute atomic E-state index is 6.31. The van der Waals surface area contributed by atoms with Gasteiger partial charge in [0.05, 0.1) is 44.8 Å². The van der Waals surface area contributed by atoms with Gasteiger partial charge < -0.3 is 47.0 Å². The van der Waals surface area contributed by atoms with E-state index in [0.29, 0.717) is 0 Å². The fraction of sp³-hybridized carbons (Fsp3) is 0.500. The van der Waals surface area contributed by atoms with Crippen LogP contribution >= 0.6 is 31.9 Å². The van der Waals surface area contributed by atoms with Gasteiger partial charge in [-0.25, -0.2) is 0 Å². The second-order valence-electron chi connectivity index (χ2n) is 28.2. The average molecular weight is 1320 g/mol. The Hall–Kier alpha value is -4.18. The fourth-order valence-electron chi connectivity index (χ4n) is 10.7. The zero-order chi connectivity index (χ0) is 64.1. The number of anilines is 6. The number of benzene rings is 6. The monoisotopic (exact) mass is 1320 g/mol. The van der Waals surface area contributed by atoms with E-state index in [1.54, 1.807) is 0 Å². The Kier molecular flexibility index (Phi) is 22.5. The molecule has 4 aliphatic rings. The van der Waals surface area contributed by atoms with Crippen LogP contribution in [0.4, 0.5) is 34.1 Å². The molecule has 0 saturated carbocycles. The molecule has 6 aromatic rings. The lowest BCUT2D eigenvalue weighted by Crippen LogP contribution is -2.41. The molecule has 4 aliphatic heterocycles. The molecule has 4 heterocycles. The summed E-state index contributed by atoms with van der Waals surface area (Å²) in [6, 6.07) is 52.0. The van der Waals surface area contributed by atoms with Gasteiger partial charge in [-0.1, -0.05) is 133 Å². The summed E-state index contributed by atoms with van der Waals surface area (Å²) in [5, 5.41) is 0. The van der Waals surface area contributed by atoms with Gasteiger partial charge in [0.2, 0.25) is 0 Å². The highest BCUT2D eigenvalue weighted by atomic mass is 79.9. The summed E-state index contributed by atoms with van der Waals surface area (Å²) in [7, 11) is -1.73. The van der Waals surface area contributed by atoms with E-state index in [-0.39, 0.29) is 44.8 Å². The molecular weight excluding hydrogens is 1220 g/mol. The van der Waals surface area contributed by atoms with Gasteiger partial charge in [0.25, 0.3) is 0 Å². The topological polar surface area (TPSA) is 80.3 Å². The van der Waals surface area contributed by atoms with Crippen LogP contribution in [0.2, 0.25) is 0 Å². The molecule has 0 amide bonds. The Morgan fingerprint density at radius 1 is 0.284 bits per heavy atom. The molecule has 0 spiro atoms. The second-order valence-corrected chi connectivity index (χ2v) is 30.0. The lowest BCUT2D eigenvalue weighted by Gasteiger charge is -2.32. The lowest BCUT2D eigenvalue weighted by atomic mass is 9.49. The quantitative estimate of drug-likeness (QED) is 0.0578. The van der Waals surface area contributed by atoms with Crippen molar-refractivity contribution in [2.75, 3.05) is 9.80 Å². The molecule has 4 saturated heterocycles. The number of rotatable bonds is 19. The van der Waals surface area contributed by atoms with Crippen molar-refractivity contribution >= 4 is 105 Å². The first kappa shape index (κ1) is 69.7. The van der Waals surface area contributed by atoms with Crippen LogP contribution in [0, 0.1) is 0 Å². The van der Waals surface area contributed by atoms with Crippen molar-refractivity contribution in [3.63, 3.8) is 0 Å². The van der Waals surface area contributed by atoms with E-state index in [0.717, 1.165) is 61.1 Å². The highest BCUT2D eigenvalue weighted by Crippen LogP contribution is 2.44. The maximum atomic E-state index is 6.31. The third-order valence-corrected chi connectivity index (χ3v) is 20.4. The minimum atomic E-state index is -0.476. The van der Waals surface area contributed by atoms with Crippen LogP contribution in [0.5, 0.6) is 0 Å². The molecule has 0 radical (unpaired) electrons. The molecule has 16 heteroatoms. The fourth-order valence-corrected chi connectivity index (χ4v) is 11.3. The molecule has 0 bridgehead atoms. The van der Waals surface area contributed by atoms with Crippen molar-refractivity contribution in [3.05, 3.63) is 166 Å². The molecule has 10 rings (SSSR count). The van der Waals surface area contributed by atoms with Gasteiger partial charge in [0.15, 0.2) is 0 Å². The summed E-state index contributed by atoms with van der Waals surface area (Å²) in [6.07, 6.45) is 12.6. The largest absolute Gasteiger partial charge is 0.494 e. The maximum Gasteiger partial charge on any atom is 0.494 e. The first-order chi connectivity index (χ1) is 41.3. The van der Waals surface area contributed by atoms with E-state index in [9.17, 15) is 0 Å². The lowest BCUT2D eigenvalue weighted by molar-refractivity contribution is 0.00578.